The fourth-order valence-electron chi connectivity index (χ4n) is 9.18. The van der Waals surface area contributed by atoms with Crippen LogP contribution in [0.15, 0.2) is 134 Å². The zero-order valence-corrected chi connectivity index (χ0v) is 52.8. The summed E-state index contributed by atoms with van der Waals surface area (Å²) in [5.41, 5.74) is 0. The predicted octanol–water partition coefficient (Wildman–Crippen LogP) is 23.3. The normalized spacial score (nSPS) is 13.0. The highest BCUT2D eigenvalue weighted by molar-refractivity contribution is 5.71. The summed E-state index contributed by atoms with van der Waals surface area (Å²) in [4.78, 5) is 38.4. The maximum absolute atomic E-state index is 12.9. The SMILES string of the molecule is CC/C=C\C/C=C\C/C=C\C/C=C\C/C=C\C/C=C\CCCCC(=O)OCC(COC(=O)CCCCCCCCCCCCCCCCCCCCCCC)OC(=O)CCCCCCC/C=C\C/C=C\C/C=C\C/C=C\C/C=C\CC. The van der Waals surface area contributed by atoms with E-state index in [0.717, 1.165) is 141 Å². The molecule has 0 aromatic carbocycles. The molecule has 0 aliphatic carbocycles. The predicted molar refractivity (Wildman–Crippen MR) is 353 cm³/mol. The second-order valence-electron chi connectivity index (χ2n) is 22.0. The zero-order valence-electron chi connectivity index (χ0n) is 52.8. The summed E-state index contributed by atoms with van der Waals surface area (Å²) >= 11 is 0. The van der Waals surface area contributed by atoms with Gasteiger partial charge in [0.2, 0.25) is 0 Å². The van der Waals surface area contributed by atoms with Crippen molar-refractivity contribution in [2.75, 3.05) is 13.2 Å². The third-order valence-corrected chi connectivity index (χ3v) is 14.2. The van der Waals surface area contributed by atoms with Gasteiger partial charge in [-0.25, -0.2) is 0 Å². The van der Waals surface area contributed by atoms with Crippen molar-refractivity contribution in [3.05, 3.63) is 134 Å². The van der Waals surface area contributed by atoms with Crippen LogP contribution in [-0.4, -0.2) is 37.2 Å². The first-order chi connectivity index (χ1) is 40.0. The Morgan fingerprint density at radius 2 is 0.481 bits per heavy atom. The van der Waals surface area contributed by atoms with Crippen molar-refractivity contribution in [1.29, 1.82) is 0 Å². The van der Waals surface area contributed by atoms with E-state index in [0.29, 0.717) is 25.7 Å². The van der Waals surface area contributed by atoms with Crippen LogP contribution in [0.2, 0.25) is 0 Å². The van der Waals surface area contributed by atoms with E-state index < -0.39 is 6.10 Å². The van der Waals surface area contributed by atoms with Gasteiger partial charge in [-0.15, -0.1) is 0 Å². The molecule has 460 valence electrons. The highest BCUT2D eigenvalue weighted by atomic mass is 16.6. The average Bonchev–Trinajstić information content (AvgIpc) is 3.47. The fourth-order valence-corrected chi connectivity index (χ4v) is 9.18. The van der Waals surface area contributed by atoms with Gasteiger partial charge in [0.05, 0.1) is 0 Å². The molecule has 0 rings (SSSR count). The van der Waals surface area contributed by atoms with Crippen molar-refractivity contribution in [1.82, 2.24) is 0 Å². The van der Waals surface area contributed by atoms with E-state index in [-0.39, 0.29) is 31.1 Å². The molecule has 6 heteroatoms. The summed E-state index contributed by atoms with van der Waals surface area (Å²) in [6, 6.07) is 0. The van der Waals surface area contributed by atoms with Crippen molar-refractivity contribution in [2.45, 2.75) is 309 Å². The second kappa shape index (κ2) is 68.1. The summed E-state index contributed by atoms with van der Waals surface area (Å²) in [5.74, 6) is -0.958. The molecule has 1 atom stereocenters. The summed E-state index contributed by atoms with van der Waals surface area (Å²) in [6.07, 6.45) is 96.0. The van der Waals surface area contributed by atoms with Gasteiger partial charge < -0.3 is 14.2 Å². The summed E-state index contributed by atoms with van der Waals surface area (Å²) in [6.45, 7) is 6.39. The molecule has 1 unspecified atom stereocenters. The van der Waals surface area contributed by atoms with Gasteiger partial charge in [-0.3, -0.25) is 14.4 Å². The van der Waals surface area contributed by atoms with E-state index in [4.69, 9.17) is 14.2 Å². The minimum atomic E-state index is -0.813. The van der Waals surface area contributed by atoms with Gasteiger partial charge in [-0.2, -0.15) is 0 Å². The topological polar surface area (TPSA) is 78.9 Å². The van der Waals surface area contributed by atoms with Crippen molar-refractivity contribution in [3.8, 4) is 0 Å². The van der Waals surface area contributed by atoms with Crippen LogP contribution in [0.3, 0.4) is 0 Å². The van der Waals surface area contributed by atoms with Gasteiger partial charge in [-0.1, -0.05) is 302 Å². The first-order valence-electron chi connectivity index (χ1n) is 33.7. The Hall–Kier alpha value is -4.45. The molecule has 0 saturated carbocycles. The molecule has 0 bridgehead atoms. The minimum Gasteiger partial charge on any atom is -0.462 e. The van der Waals surface area contributed by atoms with Crippen molar-refractivity contribution >= 4 is 17.9 Å². The molecule has 0 fully saturated rings. The number of carbonyl (C=O) groups excluding carboxylic acids is 3. The van der Waals surface area contributed by atoms with E-state index in [1.165, 1.54) is 116 Å². The number of rotatable bonds is 60. The highest BCUT2D eigenvalue weighted by Crippen LogP contribution is 2.17. The van der Waals surface area contributed by atoms with E-state index in [1.54, 1.807) is 0 Å². The lowest BCUT2D eigenvalue weighted by atomic mass is 10.0. The summed E-state index contributed by atoms with van der Waals surface area (Å²) in [5, 5.41) is 0. The van der Waals surface area contributed by atoms with Gasteiger partial charge in [-0.05, 0) is 116 Å². The third kappa shape index (κ3) is 66.2. The molecule has 0 aliphatic heterocycles. The molecule has 0 spiro atoms. The number of unbranched alkanes of at least 4 members (excludes halogenated alkanes) is 27. The molecular formula is C75H124O6. The Morgan fingerprint density at radius 3 is 0.778 bits per heavy atom. The van der Waals surface area contributed by atoms with Gasteiger partial charge in [0, 0.05) is 19.3 Å². The number of hydrogen-bond acceptors (Lipinski definition) is 6. The quantitative estimate of drug-likeness (QED) is 0.0261. The first kappa shape index (κ1) is 76.5. The lowest BCUT2D eigenvalue weighted by Gasteiger charge is -2.18. The van der Waals surface area contributed by atoms with Crippen LogP contribution in [0, 0.1) is 0 Å². The van der Waals surface area contributed by atoms with Crippen LogP contribution in [0.1, 0.15) is 303 Å². The molecule has 0 heterocycles. The van der Waals surface area contributed by atoms with Crippen LogP contribution < -0.4 is 0 Å². The third-order valence-electron chi connectivity index (χ3n) is 14.2. The maximum atomic E-state index is 12.9. The van der Waals surface area contributed by atoms with E-state index in [1.807, 2.05) is 0 Å². The van der Waals surface area contributed by atoms with E-state index in [9.17, 15) is 14.4 Å². The molecule has 6 nitrogen and oxygen atoms in total. The Bertz CT molecular complexity index is 1720. The number of esters is 3. The zero-order chi connectivity index (χ0) is 58.5. The molecular weight excluding hydrogens is 997 g/mol. The smallest absolute Gasteiger partial charge is 0.306 e. The van der Waals surface area contributed by atoms with Crippen molar-refractivity contribution < 1.29 is 28.6 Å². The molecule has 0 amide bonds. The number of carbonyl (C=O) groups is 3. The Morgan fingerprint density at radius 1 is 0.259 bits per heavy atom. The van der Waals surface area contributed by atoms with Gasteiger partial charge in [0.25, 0.3) is 0 Å². The maximum Gasteiger partial charge on any atom is 0.306 e. The summed E-state index contributed by atoms with van der Waals surface area (Å²) < 4.78 is 16.9. The van der Waals surface area contributed by atoms with E-state index in [2.05, 4.69) is 154 Å². The monoisotopic (exact) mass is 1120 g/mol. The van der Waals surface area contributed by atoms with Crippen LogP contribution in [0.4, 0.5) is 0 Å². The molecule has 0 radical (unpaired) electrons. The molecule has 0 N–H and O–H groups in total. The van der Waals surface area contributed by atoms with Gasteiger partial charge in [0.15, 0.2) is 6.10 Å². The number of hydrogen-bond donors (Lipinski definition) is 0. The highest BCUT2D eigenvalue weighted by Gasteiger charge is 2.19. The largest absolute Gasteiger partial charge is 0.462 e. The standard InChI is InChI=1S/C75H124O6/c1-4-7-10-13-16-19-22-25-28-31-34-37-40-43-46-49-52-55-58-61-64-67-73(76)79-70-72(81-75(78)69-66-63-60-57-54-51-48-45-42-39-36-33-30-27-24-21-18-15-12-9-6-3)71-80-74(77)68-65-62-59-56-53-50-47-44-41-38-35-32-29-26-23-20-17-14-11-8-5-2/h7,9-10,12,16,18-19,21,25,27-28,30,34,36-37,39,43,45-46,48,52,55,72H,4-6,8,11,13-15,17,20,22-24,26,29,31-33,35,38,40-42,44,47,49-51,53-54,56-71H2,1-3H3/b10-7-,12-9-,19-16-,21-18-,28-25-,30-27-,37-34-,39-36-,46-43-,48-45-,55-52-. The molecule has 0 aromatic heterocycles. The first-order valence-corrected chi connectivity index (χ1v) is 33.7. The molecule has 81 heavy (non-hydrogen) atoms. The molecule has 0 aliphatic rings. The average molecular weight is 1120 g/mol. The lowest BCUT2D eigenvalue weighted by molar-refractivity contribution is -0.167. The van der Waals surface area contributed by atoms with Crippen LogP contribution in [0.25, 0.3) is 0 Å². The Kier molecular flexibility index (Phi) is 64.3. The number of ether oxygens (including phenoxy) is 3. The van der Waals surface area contributed by atoms with Crippen LogP contribution in [-0.2, 0) is 28.6 Å². The van der Waals surface area contributed by atoms with Crippen molar-refractivity contribution in [2.24, 2.45) is 0 Å². The second-order valence-corrected chi connectivity index (χ2v) is 22.0. The van der Waals surface area contributed by atoms with Gasteiger partial charge >= 0.3 is 17.9 Å². The molecule has 0 saturated heterocycles. The lowest BCUT2D eigenvalue weighted by Crippen LogP contribution is -2.30. The van der Waals surface area contributed by atoms with Crippen LogP contribution >= 0.6 is 0 Å². The van der Waals surface area contributed by atoms with E-state index >= 15 is 0 Å². The Labute approximate surface area is 500 Å². The van der Waals surface area contributed by atoms with Crippen LogP contribution in [0.5, 0.6) is 0 Å². The van der Waals surface area contributed by atoms with Crippen molar-refractivity contribution in [3.63, 3.8) is 0 Å². The Balaban J connectivity index is 4.50. The number of allylic oxidation sites excluding steroid dienone is 22. The van der Waals surface area contributed by atoms with Gasteiger partial charge in [0.1, 0.15) is 13.2 Å². The summed E-state index contributed by atoms with van der Waals surface area (Å²) in [7, 11) is 0. The fraction of sp³-hybridized carbons (Fsp3) is 0.667. The minimum absolute atomic E-state index is 0.102. The molecule has 0 aromatic rings.